The second-order valence-electron chi connectivity index (χ2n) is 4.28. The van der Waals surface area contributed by atoms with Crippen molar-refractivity contribution in [1.82, 2.24) is 19.9 Å². The topological polar surface area (TPSA) is 43.2 Å². The fraction of sp³-hybridized carbons (Fsp3) is 0.385. The van der Waals surface area contributed by atoms with E-state index in [9.17, 15) is 0 Å². The van der Waals surface area contributed by atoms with Gasteiger partial charge >= 0.3 is 0 Å². The molecule has 0 amide bonds. The molecule has 0 aliphatic heterocycles. The summed E-state index contributed by atoms with van der Waals surface area (Å²) in [6.45, 7) is 2.30. The number of para-hydroxylation sites is 1. The summed E-state index contributed by atoms with van der Waals surface area (Å²) in [6, 6.07) is 9.84. The van der Waals surface area contributed by atoms with Gasteiger partial charge in [-0.05, 0) is 19.2 Å². The Morgan fingerprint density at radius 2 is 2.06 bits per heavy atom. The van der Waals surface area contributed by atoms with Crippen molar-refractivity contribution in [3.05, 3.63) is 42.2 Å². The molecule has 0 spiro atoms. The fourth-order valence-corrected chi connectivity index (χ4v) is 1.66. The van der Waals surface area contributed by atoms with Crippen LogP contribution in [-0.2, 0) is 13.6 Å². The molecule has 5 heteroatoms. The van der Waals surface area contributed by atoms with Gasteiger partial charge in [0.1, 0.15) is 12.4 Å². The molecule has 2 aromatic rings. The average Bonchev–Trinajstić information content (AvgIpc) is 2.76. The molecule has 1 aromatic heterocycles. The summed E-state index contributed by atoms with van der Waals surface area (Å²) >= 11 is 0. The number of nitrogens with zero attached hydrogens (tertiary/aromatic N) is 4. The van der Waals surface area contributed by atoms with Crippen molar-refractivity contribution < 1.29 is 4.74 Å². The van der Waals surface area contributed by atoms with Crippen LogP contribution in [0.15, 0.2) is 36.5 Å². The molecular weight excluding hydrogens is 228 g/mol. The molecular formula is C13H18N4O. The van der Waals surface area contributed by atoms with Gasteiger partial charge in [-0.15, -0.1) is 5.10 Å². The van der Waals surface area contributed by atoms with E-state index in [1.54, 1.807) is 4.68 Å². The summed E-state index contributed by atoms with van der Waals surface area (Å²) < 4.78 is 7.35. The maximum absolute atomic E-state index is 5.64. The quantitative estimate of drug-likeness (QED) is 0.771. The van der Waals surface area contributed by atoms with Gasteiger partial charge in [-0.25, -0.2) is 0 Å². The van der Waals surface area contributed by atoms with E-state index >= 15 is 0 Å². The number of hydrogen-bond acceptors (Lipinski definition) is 4. The lowest BCUT2D eigenvalue weighted by molar-refractivity contribution is 0.231. The van der Waals surface area contributed by atoms with Crippen LogP contribution >= 0.6 is 0 Å². The predicted molar refractivity (Wildman–Crippen MR) is 69.3 cm³/mol. The van der Waals surface area contributed by atoms with Crippen molar-refractivity contribution in [3.63, 3.8) is 0 Å². The molecule has 1 heterocycles. The largest absolute Gasteiger partial charge is 0.492 e. The molecule has 18 heavy (non-hydrogen) atoms. The molecule has 0 aliphatic rings. The van der Waals surface area contributed by atoms with Crippen LogP contribution in [-0.4, -0.2) is 40.1 Å². The molecule has 0 bridgehead atoms. The van der Waals surface area contributed by atoms with Crippen LogP contribution in [0.25, 0.3) is 0 Å². The molecule has 0 atom stereocenters. The van der Waals surface area contributed by atoms with Gasteiger partial charge in [-0.2, -0.15) is 0 Å². The number of aryl methyl sites for hydroxylation is 1. The zero-order valence-corrected chi connectivity index (χ0v) is 10.8. The Balaban J connectivity index is 1.70. The van der Waals surface area contributed by atoms with Crippen molar-refractivity contribution in [3.8, 4) is 5.75 Å². The summed E-state index contributed by atoms with van der Waals surface area (Å²) in [6.07, 6.45) is 1.93. The van der Waals surface area contributed by atoms with E-state index in [0.717, 1.165) is 24.5 Å². The summed E-state index contributed by atoms with van der Waals surface area (Å²) in [5, 5.41) is 7.96. The molecule has 0 fully saturated rings. The zero-order chi connectivity index (χ0) is 12.8. The first-order valence-electron chi connectivity index (χ1n) is 5.95. The fourth-order valence-electron chi connectivity index (χ4n) is 1.66. The molecule has 0 radical (unpaired) electrons. The van der Waals surface area contributed by atoms with Crippen LogP contribution in [0.2, 0.25) is 0 Å². The van der Waals surface area contributed by atoms with Gasteiger partial charge in [0.15, 0.2) is 0 Å². The maximum Gasteiger partial charge on any atom is 0.119 e. The Kier molecular flexibility index (Phi) is 4.30. The zero-order valence-electron chi connectivity index (χ0n) is 10.8. The third kappa shape index (κ3) is 3.85. The Hall–Kier alpha value is -1.88. The Morgan fingerprint density at radius 1 is 1.28 bits per heavy atom. The van der Waals surface area contributed by atoms with Gasteiger partial charge in [0.25, 0.3) is 0 Å². The van der Waals surface area contributed by atoms with Crippen LogP contribution < -0.4 is 4.74 Å². The van der Waals surface area contributed by atoms with Gasteiger partial charge in [0.05, 0.1) is 5.69 Å². The predicted octanol–water partition coefficient (Wildman–Crippen LogP) is 1.33. The maximum atomic E-state index is 5.64. The molecule has 96 valence electrons. The smallest absolute Gasteiger partial charge is 0.119 e. The standard InChI is InChI=1S/C13H18N4O/c1-16(10-12-11-17(2)15-14-12)8-9-18-13-6-4-3-5-7-13/h3-7,11H,8-10H2,1-2H3. The third-order valence-corrected chi connectivity index (χ3v) is 2.57. The van der Waals surface area contributed by atoms with Crippen LogP contribution in [0.3, 0.4) is 0 Å². The summed E-state index contributed by atoms with van der Waals surface area (Å²) in [5.41, 5.74) is 0.972. The highest BCUT2D eigenvalue weighted by atomic mass is 16.5. The number of benzene rings is 1. The van der Waals surface area contributed by atoms with Gasteiger partial charge in [-0.3, -0.25) is 9.58 Å². The van der Waals surface area contributed by atoms with Crippen LogP contribution in [0.4, 0.5) is 0 Å². The van der Waals surface area contributed by atoms with E-state index in [2.05, 4.69) is 15.2 Å². The minimum atomic E-state index is 0.667. The summed E-state index contributed by atoms with van der Waals surface area (Å²) in [5.74, 6) is 0.908. The number of aromatic nitrogens is 3. The molecule has 2 rings (SSSR count). The van der Waals surface area contributed by atoms with Crippen molar-refractivity contribution in [1.29, 1.82) is 0 Å². The van der Waals surface area contributed by atoms with E-state index in [1.807, 2.05) is 50.6 Å². The molecule has 0 aliphatic carbocycles. The van der Waals surface area contributed by atoms with Gasteiger partial charge < -0.3 is 4.74 Å². The van der Waals surface area contributed by atoms with Crippen molar-refractivity contribution in [2.24, 2.45) is 7.05 Å². The number of ether oxygens (including phenoxy) is 1. The number of hydrogen-bond donors (Lipinski definition) is 0. The molecule has 0 N–H and O–H groups in total. The lowest BCUT2D eigenvalue weighted by Gasteiger charge is -2.15. The van der Waals surface area contributed by atoms with E-state index < -0.39 is 0 Å². The van der Waals surface area contributed by atoms with E-state index in [-0.39, 0.29) is 0 Å². The van der Waals surface area contributed by atoms with Gasteiger partial charge in [-0.1, -0.05) is 23.4 Å². The normalized spacial score (nSPS) is 10.8. The monoisotopic (exact) mass is 246 g/mol. The van der Waals surface area contributed by atoms with Crippen LogP contribution in [0.1, 0.15) is 5.69 Å². The van der Waals surface area contributed by atoms with Crippen molar-refractivity contribution in [2.45, 2.75) is 6.54 Å². The van der Waals surface area contributed by atoms with E-state index in [0.29, 0.717) is 6.61 Å². The van der Waals surface area contributed by atoms with E-state index in [4.69, 9.17) is 4.74 Å². The highest BCUT2D eigenvalue weighted by Gasteiger charge is 2.03. The highest BCUT2D eigenvalue weighted by Crippen LogP contribution is 2.08. The molecule has 0 unspecified atom stereocenters. The molecule has 5 nitrogen and oxygen atoms in total. The average molecular weight is 246 g/mol. The second-order valence-corrected chi connectivity index (χ2v) is 4.28. The second kappa shape index (κ2) is 6.16. The first-order valence-corrected chi connectivity index (χ1v) is 5.95. The SMILES string of the molecule is CN(CCOc1ccccc1)Cc1cn(C)nn1. The highest BCUT2D eigenvalue weighted by molar-refractivity contribution is 5.20. The van der Waals surface area contributed by atoms with Gasteiger partial charge in [0, 0.05) is 26.3 Å². The summed E-state index contributed by atoms with van der Waals surface area (Å²) in [7, 11) is 3.91. The van der Waals surface area contributed by atoms with Crippen LogP contribution in [0, 0.1) is 0 Å². The molecule has 0 saturated carbocycles. The Labute approximate surface area is 107 Å². The first kappa shape index (κ1) is 12.6. The summed E-state index contributed by atoms with van der Waals surface area (Å²) in [4.78, 5) is 2.16. The first-order chi connectivity index (χ1) is 8.74. The lowest BCUT2D eigenvalue weighted by Crippen LogP contribution is -2.24. The number of likely N-dealkylation sites (N-methyl/N-ethyl adjacent to an activating group) is 1. The molecule has 0 saturated heterocycles. The minimum Gasteiger partial charge on any atom is -0.492 e. The van der Waals surface area contributed by atoms with Gasteiger partial charge in [0.2, 0.25) is 0 Å². The molecule has 1 aromatic carbocycles. The Morgan fingerprint density at radius 3 is 2.72 bits per heavy atom. The van der Waals surface area contributed by atoms with Crippen molar-refractivity contribution >= 4 is 0 Å². The Bertz CT molecular complexity index is 469. The van der Waals surface area contributed by atoms with Crippen molar-refractivity contribution in [2.75, 3.05) is 20.2 Å². The number of rotatable bonds is 6. The van der Waals surface area contributed by atoms with Crippen LogP contribution in [0.5, 0.6) is 5.75 Å². The lowest BCUT2D eigenvalue weighted by atomic mass is 10.3. The minimum absolute atomic E-state index is 0.667. The third-order valence-electron chi connectivity index (χ3n) is 2.57. The van der Waals surface area contributed by atoms with E-state index in [1.165, 1.54) is 0 Å².